The molecule has 112 valence electrons. The van der Waals surface area contributed by atoms with Crippen molar-refractivity contribution in [3.8, 4) is 5.75 Å². The number of hydrogen-bond acceptors (Lipinski definition) is 4. The van der Waals surface area contributed by atoms with Crippen molar-refractivity contribution < 1.29 is 17.9 Å². The predicted molar refractivity (Wildman–Crippen MR) is 76.2 cm³/mol. The van der Waals surface area contributed by atoms with Crippen LogP contribution in [0.25, 0.3) is 0 Å². The number of benzene rings is 1. The van der Waals surface area contributed by atoms with E-state index in [4.69, 9.17) is 9.88 Å². The van der Waals surface area contributed by atoms with Crippen molar-refractivity contribution in [3.63, 3.8) is 0 Å². The fourth-order valence-electron chi connectivity index (χ4n) is 1.55. The number of ether oxygens (including phenoxy) is 1. The Labute approximate surface area is 119 Å². The summed E-state index contributed by atoms with van der Waals surface area (Å²) in [4.78, 5) is 11.8. The first kappa shape index (κ1) is 16.5. The Bertz CT molecular complexity index is 584. The molecule has 20 heavy (non-hydrogen) atoms. The summed E-state index contributed by atoms with van der Waals surface area (Å²) in [5.74, 6) is 0.138. The molecule has 1 atom stereocenters. The summed E-state index contributed by atoms with van der Waals surface area (Å²) in [5, 5.41) is 7.86. The minimum Gasteiger partial charge on any atom is -0.495 e. The smallest absolute Gasteiger partial charge is 0.251 e. The molecular weight excluding hydrogens is 280 g/mol. The minimum atomic E-state index is -3.94. The van der Waals surface area contributed by atoms with E-state index in [-0.39, 0.29) is 22.1 Å². The zero-order valence-electron chi connectivity index (χ0n) is 11.8. The molecule has 0 aliphatic rings. The number of nitrogens with one attached hydrogen (secondary N) is 1. The van der Waals surface area contributed by atoms with Gasteiger partial charge in [0.25, 0.3) is 5.91 Å². The lowest BCUT2D eigenvalue weighted by molar-refractivity contribution is 0.0947. The fourth-order valence-corrected chi connectivity index (χ4v) is 2.28. The molecule has 0 aromatic heterocycles. The Balaban J connectivity index is 3.00. The molecule has 1 amide bonds. The van der Waals surface area contributed by atoms with Crippen LogP contribution in [0.15, 0.2) is 23.1 Å². The van der Waals surface area contributed by atoms with E-state index in [9.17, 15) is 13.2 Å². The Morgan fingerprint density at radius 2 is 2.10 bits per heavy atom. The molecular formula is C13H20N2O4S. The number of nitrogens with two attached hydrogens (primary N) is 1. The predicted octanol–water partition coefficient (Wildman–Crippen LogP) is 1.12. The molecule has 0 aliphatic carbocycles. The summed E-state index contributed by atoms with van der Waals surface area (Å²) in [6.07, 6.45) is 0.950. The molecule has 1 rings (SSSR count). The van der Waals surface area contributed by atoms with Crippen LogP contribution in [0.5, 0.6) is 5.75 Å². The van der Waals surface area contributed by atoms with Gasteiger partial charge in [0.15, 0.2) is 0 Å². The maximum Gasteiger partial charge on any atom is 0.251 e. The van der Waals surface area contributed by atoms with E-state index >= 15 is 0 Å². The van der Waals surface area contributed by atoms with Crippen LogP contribution >= 0.6 is 0 Å². The Kier molecular flexibility index (Phi) is 5.52. The van der Waals surface area contributed by atoms with E-state index in [2.05, 4.69) is 5.32 Å². The highest BCUT2D eigenvalue weighted by atomic mass is 32.2. The van der Waals surface area contributed by atoms with Crippen molar-refractivity contribution in [2.24, 2.45) is 11.1 Å². The minimum absolute atomic E-state index is 0.117. The first-order chi connectivity index (χ1) is 9.29. The molecule has 0 saturated heterocycles. The van der Waals surface area contributed by atoms with Crippen molar-refractivity contribution in [2.45, 2.75) is 25.2 Å². The van der Waals surface area contributed by atoms with Gasteiger partial charge in [0.05, 0.1) is 7.11 Å². The second kappa shape index (κ2) is 6.71. The van der Waals surface area contributed by atoms with Crippen molar-refractivity contribution in [1.29, 1.82) is 0 Å². The zero-order valence-corrected chi connectivity index (χ0v) is 12.7. The second-order valence-corrected chi connectivity index (χ2v) is 6.16. The third-order valence-electron chi connectivity index (χ3n) is 3.04. The van der Waals surface area contributed by atoms with Crippen LogP contribution in [0.4, 0.5) is 0 Å². The standard InChI is InChI=1S/C13H20N2O4S/c1-4-9(2)8-15-13(16)10-5-6-11(19-3)12(7-10)20(14,17)18/h5-7,9H,4,8H2,1-3H3,(H,15,16)(H2,14,17,18). The van der Waals surface area contributed by atoms with Crippen LogP contribution in [0.3, 0.4) is 0 Å². The van der Waals surface area contributed by atoms with Crippen molar-refractivity contribution in [2.75, 3.05) is 13.7 Å². The number of hydrogen-bond donors (Lipinski definition) is 2. The van der Waals surface area contributed by atoms with E-state index in [0.717, 1.165) is 6.42 Å². The van der Waals surface area contributed by atoms with Crippen molar-refractivity contribution in [3.05, 3.63) is 23.8 Å². The van der Waals surface area contributed by atoms with Crippen LogP contribution < -0.4 is 15.2 Å². The van der Waals surface area contributed by atoms with Gasteiger partial charge in [0, 0.05) is 12.1 Å². The van der Waals surface area contributed by atoms with Gasteiger partial charge in [-0.05, 0) is 24.1 Å². The summed E-state index contributed by atoms with van der Waals surface area (Å²) in [6.45, 7) is 4.58. The molecule has 0 spiro atoms. The van der Waals surface area contributed by atoms with Crippen LogP contribution in [-0.4, -0.2) is 28.0 Å². The number of sulfonamides is 1. The van der Waals surface area contributed by atoms with Gasteiger partial charge in [0.1, 0.15) is 10.6 Å². The molecule has 0 fully saturated rings. The lowest BCUT2D eigenvalue weighted by atomic mass is 10.1. The van der Waals surface area contributed by atoms with E-state index in [1.807, 2.05) is 13.8 Å². The first-order valence-corrected chi connectivity index (χ1v) is 7.83. The van der Waals surface area contributed by atoms with Crippen LogP contribution in [0, 0.1) is 5.92 Å². The normalized spacial score (nSPS) is 12.8. The van der Waals surface area contributed by atoms with E-state index < -0.39 is 10.0 Å². The molecule has 0 radical (unpaired) electrons. The Morgan fingerprint density at radius 1 is 1.45 bits per heavy atom. The Hall–Kier alpha value is -1.60. The summed E-state index contributed by atoms with van der Waals surface area (Å²) >= 11 is 0. The summed E-state index contributed by atoms with van der Waals surface area (Å²) in [7, 11) is -2.60. The molecule has 1 aromatic rings. The summed E-state index contributed by atoms with van der Waals surface area (Å²) in [5.41, 5.74) is 0.234. The highest BCUT2D eigenvalue weighted by Gasteiger charge is 2.18. The van der Waals surface area contributed by atoms with Gasteiger partial charge in [-0.1, -0.05) is 20.3 Å². The molecule has 1 unspecified atom stereocenters. The third kappa shape index (κ3) is 4.21. The molecule has 0 bridgehead atoms. The van der Waals surface area contributed by atoms with Crippen LogP contribution in [0.2, 0.25) is 0 Å². The van der Waals surface area contributed by atoms with E-state index in [1.165, 1.54) is 25.3 Å². The first-order valence-electron chi connectivity index (χ1n) is 6.28. The summed E-state index contributed by atoms with van der Waals surface area (Å²) < 4.78 is 27.9. The van der Waals surface area contributed by atoms with Gasteiger partial charge in [-0.15, -0.1) is 0 Å². The largest absolute Gasteiger partial charge is 0.495 e. The monoisotopic (exact) mass is 300 g/mol. The molecule has 0 saturated carbocycles. The number of carbonyl (C=O) groups is 1. The average Bonchev–Trinajstić information content (AvgIpc) is 2.42. The number of rotatable bonds is 6. The Morgan fingerprint density at radius 3 is 2.60 bits per heavy atom. The highest BCUT2D eigenvalue weighted by Crippen LogP contribution is 2.23. The van der Waals surface area contributed by atoms with Gasteiger partial charge in [-0.3, -0.25) is 4.79 Å². The van der Waals surface area contributed by atoms with Gasteiger partial charge in [0.2, 0.25) is 10.0 Å². The van der Waals surface area contributed by atoms with Gasteiger partial charge in [-0.25, -0.2) is 13.6 Å². The lowest BCUT2D eigenvalue weighted by Crippen LogP contribution is -2.28. The molecule has 1 aromatic carbocycles. The van der Waals surface area contributed by atoms with E-state index in [0.29, 0.717) is 12.5 Å². The molecule has 6 nitrogen and oxygen atoms in total. The van der Waals surface area contributed by atoms with Gasteiger partial charge < -0.3 is 10.1 Å². The topological polar surface area (TPSA) is 98.5 Å². The zero-order chi connectivity index (χ0) is 15.3. The van der Waals surface area contributed by atoms with Crippen LogP contribution in [0.1, 0.15) is 30.6 Å². The van der Waals surface area contributed by atoms with Gasteiger partial charge >= 0.3 is 0 Å². The maximum atomic E-state index is 12.0. The molecule has 7 heteroatoms. The third-order valence-corrected chi connectivity index (χ3v) is 3.97. The lowest BCUT2D eigenvalue weighted by Gasteiger charge is -2.12. The average molecular weight is 300 g/mol. The maximum absolute atomic E-state index is 12.0. The van der Waals surface area contributed by atoms with Crippen LogP contribution in [-0.2, 0) is 10.0 Å². The van der Waals surface area contributed by atoms with E-state index in [1.54, 1.807) is 0 Å². The number of carbonyl (C=O) groups excluding carboxylic acids is 1. The number of methoxy groups -OCH3 is 1. The van der Waals surface area contributed by atoms with Gasteiger partial charge in [-0.2, -0.15) is 0 Å². The molecule has 0 heterocycles. The quantitative estimate of drug-likeness (QED) is 0.822. The fraction of sp³-hybridized carbons (Fsp3) is 0.462. The van der Waals surface area contributed by atoms with Crippen molar-refractivity contribution >= 4 is 15.9 Å². The summed E-state index contributed by atoms with van der Waals surface area (Å²) in [6, 6.07) is 4.14. The highest BCUT2D eigenvalue weighted by molar-refractivity contribution is 7.89. The number of primary sulfonamides is 1. The van der Waals surface area contributed by atoms with Crippen molar-refractivity contribution in [1.82, 2.24) is 5.32 Å². The number of amides is 1. The molecule has 3 N–H and O–H groups in total. The second-order valence-electron chi connectivity index (χ2n) is 4.63. The molecule has 0 aliphatic heterocycles. The SMILES string of the molecule is CCC(C)CNC(=O)c1ccc(OC)c(S(N)(=O)=O)c1.